The predicted molar refractivity (Wildman–Crippen MR) is 128 cm³/mol. The third kappa shape index (κ3) is 2.96. The number of nitrogens with zero attached hydrogens (tertiary/aromatic N) is 1. The highest BCUT2D eigenvalue weighted by Gasteiger charge is 2.59. The summed E-state index contributed by atoms with van der Waals surface area (Å²) in [4.78, 5) is 2.31. The Morgan fingerprint density at radius 1 is 0.903 bits per heavy atom. The van der Waals surface area contributed by atoms with Crippen LogP contribution in [-0.2, 0) is 5.41 Å². The van der Waals surface area contributed by atoms with Crippen LogP contribution in [0, 0.1) is 11.8 Å². The van der Waals surface area contributed by atoms with Crippen molar-refractivity contribution in [2.75, 3.05) is 11.9 Å². The maximum atomic E-state index is 6.85. The molecular weight excluding hydrogens is 378 g/mol. The molecule has 0 aromatic heterocycles. The quantitative estimate of drug-likeness (QED) is 0.458. The molecule has 0 bridgehead atoms. The molecule has 0 aliphatic carbocycles. The Morgan fingerprint density at radius 2 is 1.65 bits per heavy atom. The summed E-state index contributed by atoms with van der Waals surface area (Å²) in [7, 11) is 2.15. The van der Waals surface area contributed by atoms with Crippen molar-refractivity contribution in [1.29, 1.82) is 0 Å². The van der Waals surface area contributed by atoms with Crippen molar-refractivity contribution < 1.29 is 4.74 Å². The molecule has 0 saturated carbocycles. The van der Waals surface area contributed by atoms with Crippen LogP contribution >= 0.6 is 0 Å². The number of benzene rings is 3. The number of likely N-dealkylation sites (N-methyl/N-ethyl adjacent to an activating group) is 1. The number of rotatable bonds is 2. The van der Waals surface area contributed by atoms with E-state index in [1.54, 1.807) is 0 Å². The Bertz CT molecular complexity index is 1220. The van der Waals surface area contributed by atoms with Gasteiger partial charge in [0, 0.05) is 29.4 Å². The smallest absolute Gasteiger partial charge is 0.212 e. The van der Waals surface area contributed by atoms with Crippen LogP contribution < -0.4 is 9.64 Å². The lowest BCUT2D eigenvalue weighted by molar-refractivity contribution is 0.0438. The van der Waals surface area contributed by atoms with Crippen LogP contribution in [0.4, 0.5) is 5.69 Å². The van der Waals surface area contributed by atoms with Crippen molar-refractivity contribution in [3.8, 4) is 17.6 Å². The topological polar surface area (TPSA) is 12.5 Å². The van der Waals surface area contributed by atoms with Crippen LogP contribution in [0.25, 0.3) is 6.08 Å². The Hall–Kier alpha value is -3.44. The molecule has 31 heavy (non-hydrogen) atoms. The summed E-state index contributed by atoms with van der Waals surface area (Å²) in [5.41, 5.74) is 5.03. The van der Waals surface area contributed by atoms with Crippen molar-refractivity contribution in [1.82, 2.24) is 0 Å². The molecule has 0 fully saturated rings. The van der Waals surface area contributed by atoms with E-state index in [0.717, 1.165) is 35.3 Å². The number of ether oxygens (including phenoxy) is 1. The van der Waals surface area contributed by atoms with Gasteiger partial charge in [-0.15, -0.1) is 0 Å². The summed E-state index contributed by atoms with van der Waals surface area (Å²) in [5, 5.41) is 0. The molecule has 5 rings (SSSR count). The predicted octanol–water partition coefficient (Wildman–Crippen LogP) is 6.40. The minimum Gasteiger partial charge on any atom is -0.463 e. The van der Waals surface area contributed by atoms with E-state index in [4.69, 9.17) is 4.74 Å². The molecule has 2 heterocycles. The number of hydrogen-bond donors (Lipinski definition) is 0. The fourth-order valence-corrected chi connectivity index (χ4v) is 5.18. The van der Waals surface area contributed by atoms with Crippen LogP contribution in [-0.4, -0.2) is 12.8 Å². The number of anilines is 1. The van der Waals surface area contributed by atoms with E-state index in [-0.39, 0.29) is 5.41 Å². The van der Waals surface area contributed by atoms with E-state index in [1.807, 2.05) is 30.3 Å². The summed E-state index contributed by atoms with van der Waals surface area (Å²) < 4.78 is 6.85. The summed E-state index contributed by atoms with van der Waals surface area (Å²) in [5.74, 6) is 7.44. The zero-order chi connectivity index (χ0) is 21.5. The van der Waals surface area contributed by atoms with E-state index in [0.29, 0.717) is 0 Å². The van der Waals surface area contributed by atoms with Crippen LogP contribution in [0.3, 0.4) is 0 Å². The molecule has 0 N–H and O–H groups in total. The average Bonchev–Trinajstić information content (AvgIpc) is 2.98. The van der Waals surface area contributed by atoms with Gasteiger partial charge in [-0.3, -0.25) is 0 Å². The Labute approximate surface area is 185 Å². The second kappa shape index (κ2) is 7.36. The number of para-hydroxylation sites is 1. The molecule has 0 radical (unpaired) electrons. The van der Waals surface area contributed by atoms with Crippen molar-refractivity contribution in [3.05, 3.63) is 101 Å². The van der Waals surface area contributed by atoms with Gasteiger partial charge in [-0.1, -0.05) is 61.6 Å². The monoisotopic (exact) mass is 405 g/mol. The second-order valence-corrected chi connectivity index (χ2v) is 8.66. The van der Waals surface area contributed by atoms with Crippen molar-refractivity contribution >= 4 is 11.8 Å². The van der Waals surface area contributed by atoms with Gasteiger partial charge >= 0.3 is 0 Å². The largest absolute Gasteiger partial charge is 0.463 e. The molecule has 0 unspecified atom stereocenters. The summed E-state index contributed by atoms with van der Waals surface area (Å²) >= 11 is 0. The highest BCUT2D eigenvalue weighted by molar-refractivity contribution is 5.72. The van der Waals surface area contributed by atoms with Gasteiger partial charge in [-0.2, -0.15) is 0 Å². The van der Waals surface area contributed by atoms with E-state index >= 15 is 0 Å². The Kier molecular flexibility index (Phi) is 4.63. The summed E-state index contributed by atoms with van der Waals surface area (Å²) in [6.45, 7) is 4.59. The molecule has 2 nitrogen and oxygen atoms in total. The van der Waals surface area contributed by atoms with Crippen LogP contribution in [0.5, 0.6) is 5.75 Å². The molecule has 2 aliphatic rings. The fourth-order valence-electron chi connectivity index (χ4n) is 5.18. The first-order chi connectivity index (χ1) is 15.1. The van der Waals surface area contributed by atoms with E-state index in [1.165, 1.54) is 11.3 Å². The molecule has 1 spiro atoms. The van der Waals surface area contributed by atoms with Gasteiger partial charge in [0.05, 0.1) is 5.41 Å². The van der Waals surface area contributed by atoms with Gasteiger partial charge in [-0.25, -0.2) is 0 Å². The molecule has 0 amide bonds. The lowest BCUT2D eigenvalue weighted by atomic mass is 9.71. The van der Waals surface area contributed by atoms with E-state index in [9.17, 15) is 0 Å². The standard InChI is InChI=1S/C29H27NO/c1-4-19-28(2)25-12-8-9-13-26(25)30(3)29(28)20-18-24-21-23(16-17-27(24)31-29)15-14-22-10-6-5-7-11-22/h5-13,16-18,20-21H,4,19H2,1-3H3/t28-,29-/m0/s1. The van der Waals surface area contributed by atoms with Gasteiger partial charge < -0.3 is 9.64 Å². The van der Waals surface area contributed by atoms with E-state index in [2.05, 4.69) is 92.3 Å². The zero-order valence-corrected chi connectivity index (χ0v) is 18.4. The molecular formula is C29H27NO. The lowest BCUT2D eigenvalue weighted by Gasteiger charge is -2.47. The van der Waals surface area contributed by atoms with Gasteiger partial charge in [0.25, 0.3) is 0 Å². The first-order valence-corrected chi connectivity index (χ1v) is 11.0. The molecule has 3 aromatic rings. The van der Waals surface area contributed by atoms with Gasteiger partial charge in [0.2, 0.25) is 5.72 Å². The zero-order valence-electron chi connectivity index (χ0n) is 18.4. The van der Waals surface area contributed by atoms with Crippen LogP contribution in [0.15, 0.2) is 78.9 Å². The highest BCUT2D eigenvalue weighted by Crippen LogP contribution is 2.56. The fraction of sp³-hybridized carbons (Fsp3) is 0.241. The Morgan fingerprint density at radius 3 is 2.45 bits per heavy atom. The highest BCUT2D eigenvalue weighted by atomic mass is 16.5. The maximum Gasteiger partial charge on any atom is 0.212 e. The van der Waals surface area contributed by atoms with Gasteiger partial charge in [-0.05, 0) is 67.5 Å². The van der Waals surface area contributed by atoms with Crippen molar-refractivity contribution in [3.63, 3.8) is 0 Å². The molecule has 0 saturated heterocycles. The van der Waals surface area contributed by atoms with Crippen LogP contribution in [0.1, 0.15) is 48.9 Å². The molecule has 2 atom stereocenters. The first-order valence-electron chi connectivity index (χ1n) is 11.0. The SMILES string of the molecule is CCC[C@@]1(C)c2ccccc2N(C)[C@]12C=Cc1cc(C#Cc3ccccc3)ccc1O2. The molecule has 154 valence electrons. The minimum absolute atomic E-state index is 0.132. The summed E-state index contributed by atoms with van der Waals surface area (Å²) in [6, 6.07) is 25.0. The summed E-state index contributed by atoms with van der Waals surface area (Å²) in [6.07, 6.45) is 6.61. The maximum absolute atomic E-state index is 6.85. The molecule has 2 heteroatoms. The third-order valence-electron chi connectivity index (χ3n) is 6.79. The van der Waals surface area contributed by atoms with E-state index < -0.39 is 5.72 Å². The minimum atomic E-state index is -0.531. The van der Waals surface area contributed by atoms with Crippen LogP contribution in [0.2, 0.25) is 0 Å². The average molecular weight is 406 g/mol. The van der Waals surface area contributed by atoms with Gasteiger partial charge in [0.15, 0.2) is 0 Å². The molecule has 2 aliphatic heterocycles. The van der Waals surface area contributed by atoms with Gasteiger partial charge in [0.1, 0.15) is 5.75 Å². The normalized spacial score (nSPS) is 23.0. The van der Waals surface area contributed by atoms with Crippen molar-refractivity contribution in [2.24, 2.45) is 0 Å². The number of fused-ring (bicyclic) bond motifs is 2. The first kappa shape index (κ1) is 19.5. The third-order valence-corrected chi connectivity index (χ3v) is 6.79. The number of hydrogen-bond acceptors (Lipinski definition) is 2. The lowest BCUT2D eigenvalue weighted by Crippen LogP contribution is -2.59. The Balaban J connectivity index is 1.53. The van der Waals surface area contributed by atoms with Crippen molar-refractivity contribution in [2.45, 2.75) is 37.8 Å². The second-order valence-electron chi connectivity index (χ2n) is 8.66. The molecule has 3 aromatic carbocycles.